The molecule has 0 fully saturated rings. The lowest BCUT2D eigenvalue weighted by Crippen LogP contribution is -2.00. The molecule has 0 spiro atoms. The normalized spacial score (nSPS) is 12.0. The molecule has 10 rings (SSSR count). The molecule has 4 aromatic heterocycles. The molecule has 0 bridgehead atoms. The van der Waals surface area contributed by atoms with Gasteiger partial charge in [0.25, 0.3) is 0 Å². The first-order chi connectivity index (χ1) is 22.3. The van der Waals surface area contributed by atoms with Crippen molar-refractivity contribution in [1.29, 1.82) is 0 Å². The third-order valence-electron chi connectivity index (χ3n) is 8.84. The third kappa shape index (κ3) is 3.59. The van der Waals surface area contributed by atoms with E-state index in [1.807, 2.05) is 59.9 Å². The molecule has 5 heteroatoms. The van der Waals surface area contributed by atoms with E-state index in [9.17, 15) is 0 Å². The Labute approximate surface area is 261 Å². The van der Waals surface area contributed by atoms with Crippen molar-refractivity contribution in [2.75, 3.05) is 0 Å². The van der Waals surface area contributed by atoms with E-state index < -0.39 is 0 Å². The summed E-state index contributed by atoms with van der Waals surface area (Å²) < 4.78 is 11.4. The van der Waals surface area contributed by atoms with Crippen LogP contribution in [0.2, 0.25) is 0 Å². The first-order valence-electron chi connectivity index (χ1n) is 15.0. The first-order valence-corrected chi connectivity index (χ1v) is 15.8. The lowest BCUT2D eigenvalue weighted by molar-refractivity contribution is 0.653. The standard InChI is InChI=1S/C40H23N3OS/c1-2-12-24(13-3-1)39-41-38(37-28-17-6-10-20-34(28)44-40(37)42-39)27-16-5-9-19-32(27)43-31-18-8-4-14-25(31)29-22-30-26-15-7-11-21-35(26)45-36(30)23-33(29)43/h1-23H. The maximum Gasteiger partial charge on any atom is 0.231 e. The lowest BCUT2D eigenvalue weighted by Gasteiger charge is -2.15. The average Bonchev–Trinajstić information content (AvgIpc) is 3.76. The van der Waals surface area contributed by atoms with Gasteiger partial charge in [-0.15, -0.1) is 11.3 Å². The minimum absolute atomic E-state index is 0.587. The second kappa shape index (κ2) is 9.36. The summed E-state index contributed by atoms with van der Waals surface area (Å²) in [5, 5.41) is 7.00. The lowest BCUT2D eigenvalue weighted by atomic mass is 10.0. The molecule has 0 aliphatic carbocycles. The zero-order chi connectivity index (χ0) is 29.5. The van der Waals surface area contributed by atoms with Gasteiger partial charge in [0.2, 0.25) is 5.71 Å². The molecule has 0 unspecified atom stereocenters. The van der Waals surface area contributed by atoms with Crippen LogP contribution in [0.5, 0.6) is 0 Å². The van der Waals surface area contributed by atoms with Crippen molar-refractivity contribution in [3.63, 3.8) is 0 Å². The van der Waals surface area contributed by atoms with E-state index in [1.165, 1.54) is 36.5 Å². The van der Waals surface area contributed by atoms with E-state index in [4.69, 9.17) is 14.4 Å². The molecule has 210 valence electrons. The fourth-order valence-corrected chi connectivity index (χ4v) is 7.97. The highest BCUT2D eigenvalue weighted by molar-refractivity contribution is 7.25. The van der Waals surface area contributed by atoms with Gasteiger partial charge in [0.1, 0.15) is 5.58 Å². The summed E-state index contributed by atoms with van der Waals surface area (Å²) >= 11 is 1.85. The van der Waals surface area contributed by atoms with Gasteiger partial charge in [-0.2, -0.15) is 4.98 Å². The Kier molecular flexibility index (Phi) is 5.12. The summed E-state index contributed by atoms with van der Waals surface area (Å²) in [4.78, 5) is 10.2. The number of rotatable bonds is 3. The van der Waals surface area contributed by atoms with E-state index in [-0.39, 0.29) is 0 Å². The maximum absolute atomic E-state index is 6.37. The summed E-state index contributed by atoms with van der Waals surface area (Å²) in [7, 11) is 0. The van der Waals surface area contributed by atoms with Crippen molar-refractivity contribution in [3.8, 4) is 28.3 Å². The van der Waals surface area contributed by atoms with Gasteiger partial charge in [-0.05, 0) is 36.4 Å². The number of aromatic nitrogens is 3. The minimum atomic E-state index is 0.587. The number of benzene rings is 6. The second-order valence-electron chi connectivity index (χ2n) is 11.4. The molecule has 6 aromatic carbocycles. The predicted molar refractivity (Wildman–Crippen MR) is 187 cm³/mol. The molecule has 0 radical (unpaired) electrons. The minimum Gasteiger partial charge on any atom is -0.438 e. The average molecular weight is 594 g/mol. The molecule has 45 heavy (non-hydrogen) atoms. The predicted octanol–water partition coefficient (Wildman–Crippen LogP) is 11.2. The zero-order valence-electron chi connectivity index (χ0n) is 23.9. The largest absolute Gasteiger partial charge is 0.438 e. The van der Waals surface area contributed by atoms with Gasteiger partial charge in [0, 0.05) is 47.5 Å². The molecule has 0 N–H and O–H groups in total. The molecule has 4 heterocycles. The van der Waals surface area contributed by atoms with Crippen LogP contribution in [0.25, 0.3) is 92.4 Å². The number of hydrogen-bond acceptors (Lipinski definition) is 4. The van der Waals surface area contributed by atoms with Crippen LogP contribution in [0.1, 0.15) is 0 Å². The summed E-state index contributed by atoms with van der Waals surface area (Å²) in [6.07, 6.45) is 0. The highest BCUT2D eigenvalue weighted by atomic mass is 32.1. The highest BCUT2D eigenvalue weighted by Gasteiger charge is 2.22. The van der Waals surface area contributed by atoms with Gasteiger partial charge in [-0.3, -0.25) is 0 Å². The van der Waals surface area contributed by atoms with Crippen LogP contribution < -0.4 is 0 Å². The van der Waals surface area contributed by atoms with Crippen molar-refractivity contribution in [3.05, 3.63) is 140 Å². The Hall–Kier alpha value is -5.78. The topological polar surface area (TPSA) is 43.9 Å². The third-order valence-corrected chi connectivity index (χ3v) is 9.98. The summed E-state index contributed by atoms with van der Waals surface area (Å²) in [5.41, 5.74) is 7.61. The van der Waals surface area contributed by atoms with E-state index in [1.54, 1.807) is 0 Å². The fourth-order valence-electron chi connectivity index (χ4n) is 6.85. The van der Waals surface area contributed by atoms with Crippen LogP contribution in [0.3, 0.4) is 0 Å². The smallest absolute Gasteiger partial charge is 0.231 e. The molecular weight excluding hydrogens is 571 g/mol. The van der Waals surface area contributed by atoms with Crippen molar-refractivity contribution in [2.45, 2.75) is 0 Å². The van der Waals surface area contributed by atoms with E-state index in [0.29, 0.717) is 11.5 Å². The van der Waals surface area contributed by atoms with Crippen LogP contribution in [0.15, 0.2) is 144 Å². The molecular formula is C40H23N3OS. The Balaban J connectivity index is 1.33. The van der Waals surface area contributed by atoms with Crippen molar-refractivity contribution < 1.29 is 4.42 Å². The molecule has 4 nitrogen and oxygen atoms in total. The number of fused-ring (bicyclic) bond motifs is 9. The zero-order valence-corrected chi connectivity index (χ0v) is 24.8. The van der Waals surface area contributed by atoms with Crippen molar-refractivity contribution in [2.24, 2.45) is 0 Å². The quantitative estimate of drug-likeness (QED) is 0.205. The van der Waals surface area contributed by atoms with Crippen LogP contribution in [-0.2, 0) is 0 Å². The highest BCUT2D eigenvalue weighted by Crippen LogP contribution is 2.43. The van der Waals surface area contributed by atoms with Gasteiger partial charge in [-0.1, -0.05) is 103 Å². The van der Waals surface area contributed by atoms with Crippen LogP contribution in [0.4, 0.5) is 0 Å². The first kappa shape index (κ1) is 24.6. The van der Waals surface area contributed by atoms with E-state index >= 15 is 0 Å². The van der Waals surface area contributed by atoms with Gasteiger partial charge in [-0.25, -0.2) is 4.98 Å². The monoisotopic (exact) mass is 593 g/mol. The Bertz CT molecular complexity index is 2770. The summed E-state index contributed by atoms with van der Waals surface area (Å²) in [6.45, 7) is 0. The molecule has 0 aliphatic heterocycles. The molecule has 0 atom stereocenters. The molecule has 10 aromatic rings. The van der Waals surface area contributed by atoms with E-state index in [0.717, 1.165) is 44.4 Å². The van der Waals surface area contributed by atoms with Crippen LogP contribution in [0, 0.1) is 0 Å². The summed E-state index contributed by atoms with van der Waals surface area (Å²) in [6, 6.07) is 49.0. The SMILES string of the molecule is c1ccc(-c2nc(-c3ccccc3-n3c4ccccc4c4cc5c(cc43)sc3ccccc35)c3c(n2)oc2ccccc23)cc1. The van der Waals surface area contributed by atoms with Gasteiger partial charge in [0.15, 0.2) is 5.82 Å². The van der Waals surface area contributed by atoms with Crippen molar-refractivity contribution >= 4 is 75.4 Å². The second-order valence-corrected chi connectivity index (χ2v) is 12.5. The van der Waals surface area contributed by atoms with Crippen molar-refractivity contribution in [1.82, 2.24) is 14.5 Å². The maximum atomic E-state index is 6.37. The summed E-state index contributed by atoms with van der Waals surface area (Å²) in [5.74, 6) is 0.640. The number of furan rings is 1. The molecule has 0 amide bonds. The Morgan fingerprint density at radius 3 is 2.18 bits per heavy atom. The number of thiophene rings is 1. The number of nitrogens with zero attached hydrogens (tertiary/aromatic N) is 3. The van der Waals surface area contributed by atoms with Gasteiger partial charge >= 0.3 is 0 Å². The number of hydrogen-bond donors (Lipinski definition) is 0. The fraction of sp³-hybridized carbons (Fsp3) is 0. The van der Waals surface area contributed by atoms with Crippen LogP contribution >= 0.6 is 11.3 Å². The molecule has 0 saturated heterocycles. The van der Waals surface area contributed by atoms with E-state index in [2.05, 4.69) is 95.6 Å². The van der Waals surface area contributed by atoms with Gasteiger partial charge < -0.3 is 8.98 Å². The van der Waals surface area contributed by atoms with Gasteiger partial charge in [0.05, 0.1) is 27.8 Å². The Morgan fingerprint density at radius 2 is 1.27 bits per heavy atom. The number of para-hydroxylation sites is 3. The molecule has 0 saturated carbocycles. The Morgan fingerprint density at radius 1 is 0.533 bits per heavy atom. The molecule has 0 aliphatic rings. The van der Waals surface area contributed by atoms with Crippen LogP contribution in [-0.4, -0.2) is 14.5 Å².